The van der Waals surface area contributed by atoms with E-state index in [1.165, 1.54) is 18.2 Å². The molecule has 0 aliphatic heterocycles. The quantitative estimate of drug-likeness (QED) is 0.530. The monoisotopic (exact) mass is 301 g/mol. The molecule has 114 valence electrons. The van der Waals surface area contributed by atoms with Gasteiger partial charge in [-0.1, -0.05) is 18.2 Å². The lowest BCUT2D eigenvalue weighted by Gasteiger charge is -2.08. The van der Waals surface area contributed by atoms with E-state index in [1.54, 1.807) is 37.3 Å². The SMILES string of the molecule is CCOC(=O)c1ccc(OC(=O)Oc2ccccc2)cc1N. The first kappa shape index (κ1) is 15.4. The third-order valence-corrected chi connectivity index (χ3v) is 2.66. The van der Waals surface area contributed by atoms with Crippen molar-refractivity contribution >= 4 is 17.8 Å². The molecule has 0 heterocycles. The summed E-state index contributed by atoms with van der Waals surface area (Å²) >= 11 is 0. The first-order valence-electron chi connectivity index (χ1n) is 6.61. The Morgan fingerprint density at radius 3 is 2.32 bits per heavy atom. The molecule has 6 nitrogen and oxygen atoms in total. The van der Waals surface area contributed by atoms with Crippen molar-refractivity contribution in [2.45, 2.75) is 6.92 Å². The van der Waals surface area contributed by atoms with Gasteiger partial charge in [0.1, 0.15) is 11.5 Å². The molecule has 0 saturated heterocycles. The van der Waals surface area contributed by atoms with E-state index in [1.807, 2.05) is 0 Å². The Morgan fingerprint density at radius 1 is 1.00 bits per heavy atom. The second-order valence-corrected chi connectivity index (χ2v) is 4.24. The van der Waals surface area contributed by atoms with Crippen LogP contribution in [0, 0.1) is 0 Å². The van der Waals surface area contributed by atoms with Crippen molar-refractivity contribution in [3.05, 3.63) is 54.1 Å². The summed E-state index contributed by atoms with van der Waals surface area (Å²) in [5, 5.41) is 0. The lowest BCUT2D eigenvalue weighted by atomic mass is 10.2. The number of hydrogen-bond donors (Lipinski definition) is 1. The second kappa shape index (κ2) is 7.12. The Hall–Kier alpha value is -3.02. The number of nitrogens with two attached hydrogens (primary N) is 1. The van der Waals surface area contributed by atoms with Crippen molar-refractivity contribution in [1.29, 1.82) is 0 Å². The smallest absolute Gasteiger partial charge is 0.462 e. The van der Waals surface area contributed by atoms with E-state index in [9.17, 15) is 9.59 Å². The van der Waals surface area contributed by atoms with Crippen LogP contribution in [0.25, 0.3) is 0 Å². The third-order valence-electron chi connectivity index (χ3n) is 2.66. The van der Waals surface area contributed by atoms with Crippen LogP contribution in [0.4, 0.5) is 10.5 Å². The lowest BCUT2D eigenvalue weighted by molar-refractivity contribution is 0.0527. The van der Waals surface area contributed by atoms with Crippen molar-refractivity contribution in [3.8, 4) is 11.5 Å². The van der Waals surface area contributed by atoms with Crippen LogP contribution < -0.4 is 15.2 Å². The molecule has 2 aromatic carbocycles. The predicted octanol–water partition coefficient (Wildman–Crippen LogP) is 3.02. The van der Waals surface area contributed by atoms with Gasteiger partial charge >= 0.3 is 12.1 Å². The lowest BCUT2D eigenvalue weighted by Crippen LogP contribution is -2.14. The number of benzene rings is 2. The van der Waals surface area contributed by atoms with E-state index in [4.69, 9.17) is 19.9 Å². The van der Waals surface area contributed by atoms with Gasteiger partial charge in [0.15, 0.2) is 0 Å². The largest absolute Gasteiger partial charge is 0.519 e. The summed E-state index contributed by atoms with van der Waals surface area (Å²) in [6, 6.07) is 12.7. The van der Waals surface area contributed by atoms with Gasteiger partial charge in [-0.15, -0.1) is 0 Å². The number of esters is 1. The molecule has 2 aromatic rings. The highest BCUT2D eigenvalue weighted by Gasteiger charge is 2.13. The fraction of sp³-hybridized carbons (Fsp3) is 0.125. The van der Waals surface area contributed by atoms with Gasteiger partial charge in [-0.05, 0) is 31.2 Å². The number of para-hydroxylation sites is 1. The molecule has 0 aliphatic rings. The molecular weight excluding hydrogens is 286 g/mol. The van der Waals surface area contributed by atoms with Gasteiger partial charge in [-0.3, -0.25) is 0 Å². The van der Waals surface area contributed by atoms with Crippen molar-refractivity contribution in [2.24, 2.45) is 0 Å². The van der Waals surface area contributed by atoms with Crippen LogP contribution in [0.1, 0.15) is 17.3 Å². The molecule has 22 heavy (non-hydrogen) atoms. The van der Waals surface area contributed by atoms with E-state index in [2.05, 4.69) is 0 Å². The van der Waals surface area contributed by atoms with E-state index in [0.717, 1.165) is 0 Å². The molecule has 0 bridgehead atoms. The number of nitrogen functional groups attached to an aromatic ring is 1. The molecule has 0 atom stereocenters. The van der Waals surface area contributed by atoms with Crippen LogP contribution in [0.5, 0.6) is 11.5 Å². The average molecular weight is 301 g/mol. The number of anilines is 1. The summed E-state index contributed by atoms with van der Waals surface area (Å²) in [7, 11) is 0. The molecule has 0 amide bonds. The molecule has 0 spiro atoms. The van der Waals surface area contributed by atoms with Gasteiger partial charge in [0.25, 0.3) is 0 Å². The maximum absolute atomic E-state index is 11.6. The van der Waals surface area contributed by atoms with E-state index < -0.39 is 12.1 Å². The Morgan fingerprint density at radius 2 is 1.68 bits per heavy atom. The highest BCUT2D eigenvalue weighted by molar-refractivity contribution is 5.95. The number of hydrogen-bond acceptors (Lipinski definition) is 6. The second-order valence-electron chi connectivity index (χ2n) is 4.24. The van der Waals surface area contributed by atoms with Gasteiger partial charge in [0.2, 0.25) is 0 Å². The van der Waals surface area contributed by atoms with Gasteiger partial charge in [-0.2, -0.15) is 0 Å². The first-order valence-corrected chi connectivity index (χ1v) is 6.61. The Labute approximate surface area is 127 Å². The van der Waals surface area contributed by atoms with Crippen molar-refractivity contribution in [3.63, 3.8) is 0 Å². The average Bonchev–Trinajstić information content (AvgIpc) is 2.48. The molecule has 0 fully saturated rings. The van der Waals surface area contributed by atoms with Gasteiger partial charge in [0.05, 0.1) is 12.2 Å². The van der Waals surface area contributed by atoms with Crippen LogP contribution in [0.15, 0.2) is 48.5 Å². The van der Waals surface area contributed by atoms with Crippen LogP contribution in [0.3, 0.4) is 0 Å². The minimum Gasteiger partial charge on any atom is -0.462 e. The highest BCUT2D eigenvalue weighted by atomic mass is 16.7. The molecule has 0 aliphatic carbocycles. The van der Waals surface area contributed by atoms with Crippen LogP contribution in [0.2, 0.25) is 0 Å². The topological polar surface area (TPSA) is 87.8 Å². The molecule has 0 saturated carbocycles. The van der Waals surface area contributed by atoms with Gasteiger partial charge in [-0.25, -0.2) is 9.59 Å². The van der Waals surface area contributed by atoms with Gasteiger partial charge < -0.3 is 19.9 Å². The van der Waals surface area contributed by atoms with Crippen molar-refractivity contribution in [2.75, 3.05) is 12.3 Å². The number of carbonyl (C=O) groups is 2. The Kier molecular flexibility index (Phi) is 4.98. The summed E-state index contributed by atoms with van der Waals surface area (Å²) in [4.78, 5) is 23.2. The number of rotatable bonds is 4. The number of carbonyl (C=O) groups excluding carboxylic acids is 2. The Bertz CT molecular complexity index is 669. The van der Waals surface area contributed by atoms with E-state index in [0.29, 0.717) is 5.75 Å². The summed E-state index contributed by atoms with van der Waals surface area (Å²) in [5.41, 5.74) is 6.12. The highest BCUT2D eigenvalue weighted by Crippen LogP contribution is 2.21. The summed E-state index contributed by atoms with van der Waals surface area (Å²) < 4.78 is 14.8. The van der Waals surface area contributed by atoms with E-state index in [-0.39, 0.29) is 23.6 Å². The third kappa shape index (κ3) is 3.99. The molecule has 0 aromatic heterocycles. The zero-order valence-corrected chi connectivity index (χ0v) is 11.9. The van der Waals surface area contributed by atoms with Crippen LogP contribution >= 0.6 is 0 Å². The minimum atomic E-state index is -0.894. The summed E-state index contributed by atoms with van der Waals surface area (Å²) in [5.74, 6) is 0.00788. The van der Waals surface area contributed by atoms with Crippen molar-refractivity contribution < 1.29 is 23.8 Å². The minimum absolute atomic E-state index is 0.156. The fourth-order valence-corrected chi connectivity index (χ4v) is 1.70. The summed E-state index contributed by atoms with van der Waals surface area (Å²) in [6.07, 6.45) is -0.894. The normalized spacial score (nSPS) is 9.86. The molecule has 0 radical (unpaired) electrons. The van der Waals surface area contributed by atoms with Crippen molar-refractivity contribution in [1.82, 2.24) is 0 Å². The predicted molar refractivity (Wildman–Crippen MR) is 79.9 cm³/mol. The standard InChI is InChI=1S/C16H15NO5/c1-2-20-15(18)13-9-8-12(10-14(13)17)22-16(19)21-11-6-4-3-5-7-11/h3-10H,2,17H2,1H3. The fourth-order valence-electron chi connectivity index (χ4n) is 1.70. The molecule has 0 unspecified atom stereocenters. The molecule has 6 heteroatoms. The van der Waals surface area contributed by atoms with Crippen LogP contribution in [-0.4, -0.2) is 18.7 Å². The molecule has 2 N–H and O–H groups in total. The molecule has 2 rings (SSSR count). The zero-order valence-electron chi connectivity index (χ0n) is 11.9. The van der Waals surface area contributed by atoms with Crippen LogP contribution in [-0.2, 0) is 4.74 Å². The van der Waals surface area contributed by atoms with E-state index >= 15 is 0 Å². The maximum Gasteiger partial charge on any atom is 0.519 e. The maximum atomic E-state index is 11.6. The first-order chi connectivity index (χ1) is 10.6. The summed E-state index contributed by atoms with van der Waals surface area (Å²) in [6.45, 7) is 1.95. The molecular formula is C16H15NO5. The van der Waals surface area contributed by atoms with Gasteiger partial charge in [0, 0.05) is 11.8 Å². The zero-order chi connectivity index (χ0) is 15.9. The Balaban J connectivity index is 2.03. The number of ether oxygens (including phenoxy) is 3.